The molecule has 136 valence electrons. The number of aromatic nitrogens is 1. The van der Waals surface area contributed by atoms with Gasteiger partial charge in [0, 0.05) is 29.7 Å². The first-order valence-electron chi connectivity index (χ1n) is 8.51. The van der Waals surface area contributed by atoms with Crippen molar-refractivity contribution in [2.24, 2.45) is 0 Å². The summed E-state index contributed by atoms with van der Waals surface area (Å²) < 4.78 is 39.9. The summed E-state index contributed by atoms with van der Waals surface area (Å²) in [5, 5.41) is 3.32. The number of rotatable bonds is 3. The first-order valence-corrected chi connectivity index (χ1v) is 8.51. The highest BCUT2D eigenvalue weighted by molar-refractivity contribution is 5.83. The number of amides is 2. The highest BCUT2D eigenvalue weighted by Crippen LogP contribution is 2.37. The Hall–Kier alpha value is -2.18. The molecule has 4 nitrogen and oxygen atoms in total. The zero-order chi connectivity index (χ0) is 18.2. The number of H-pyrrole nitrogens is 1. The fraction of sp³-hybridized carbons (Fsp3) is 0.500. The Labute approximate surface area is 144 Å². The van der Waals surface area contributed by atoms with Crippen LogP contribution in [-0.4, -0.2) is 29.0 Å². The number of benzene rings is 1. The van der Waals surface area contributed by atoms with Crippen LogP contribution in [0.2, 0.25) is 0 Å². The average Bonchev–Trinajstić information content (AvgIpc) is 3.19. The normalized spacial score (nSPS) is 15.4. The summed E-state index contributed by atoms with van der Waals surface area (Å²) in [4.78, 5) is 16.9. The van der Waals surface area contributed by atoms with Gasteiger partial charge in [0.2, 0.25) is 0 Å². The molecular weight excluding hydrogens is 331 g/mol. The van der Waals surface area contributed by atoms with Crippen LogP contribution in [0.3, 0.4) is 0 Å². The van der Waals surface area contributed by atoms with Crippen LogP contribution in [0.5, 0.6) is 0 Å². The van der Waals surface area contributed by atoms with Crippen molar-refractivity contribution in [3.63, 3.8) is 0 Å². The van der Waals surface area contributed by atoms with E-state index in [1.165, 1.54) is 6.07 Å². The van der Waals surface area contributed by atoms with Crippen molar-refractivity contribution in [3.8, 4) is 0 Å². The van der Waals surface area contributed by atoms with Gasteiger partial charge in [-0.3, -0.25) is 0 Å². The monoisotopic (exact) mass is 353 g/mol. The van der Waals surface area contributed by atoms with Gasteiger partial charge in [-0.25, -0.2) is 4.79 Å². The van der Waals surface area contributed by atoms with E-state index < -0.39 is 11.7 Å². The molecule has 25 heavy (non-hydrogen) atoms. The van der Waals surface area contributed by atoms with Gasteiger partial charge < -0.3 is 15.2 Å². The van der Waals surface area contributed by atoms with Crippen molar-refractivity contribution in [1.82, 2.24) is 15.2 Å². The van der Waals surface area contributed by atoms with Crippen LogP contribution in [0.1, 0.15) is 49.4 Å². The summed E-state index contributed by atoms with van der Waals surface area (Å²) in [7, 11) is 0. The smallest absolute Gasteiger partial charge is 0.357 e. The van der Waals surface area contributed by atoms with Gasteiger partial charge in [0.15, 0.2) is 0 Å². The van der Waals surface area contributed by atoms with Crippen molar-refractivity contribution < 1.29 is 18.0 Å². The maximum absolute atomic E-state index is 13.3. The molecule has 0 aliphatic carbocycles. The van der Waals surface area contributed by atoms with Crippen molar-refractivity contribution in [2.75, 3.05) is 13.1 Å². The standard InChI is InChI=1S/C18H22F3N3O/c1-11(2)14-9-16-12(8-15(14)18(19,20)21)7-13(23-16)10-22-17(25)24-5-3-4-6-24/h7-9,11,23H,3-6,10H2,1-2H3,(H,22,25). The number of likely N-dealkylation sites (tertiary alicyclic amines) is 1. The number of fused-ring (bicyclic) bond motifs is 1. The van der Waals surface area contributed by atoms with Crippen molar-refractivity contribution in [2.45, 2.75) is 45.3 Å². The van der Waals surface area contributed by atoms with Gasteiger partial charge in [-0.2, -0.15) is 13.2 Å². The zero-order valence-electron chi connectivity index (χ0n) is 14.3. The van der Waals surface area contributed by atoms with E-state index in [1.54, 1.807) is 30.9 Å². The number of nitrogens with zero attached hydrogens (tertiary/aromatic N) is 1. The molecule has 1 saturated heterocycles. The van der Waals surface area contributed by atoms with E-state index in [-0.39, 0.29) is 24.1 Å². The quantitative estimate of drug-likeness (QED) is 0.831. The molecule has 1 aliphatic rings. The zero-order valence-corrected chi connectivity index (χ0v) is 14.3. The summed E-state index contributed by atoms with van der Waals surface area (Å²) in [6, 6.07) is 4.29. The van der Waals surface area contributed by atoms with E-state index in [0.717, 1.165) is 25.9 Å². The molecule has 1 aromatic heterocycles. The third-order valence-electron chi connectivity index (χ3n) is 4.60. The van der Waals surface area contributed by atoms with Crippen LogP contribution < -0.4 is 5.32 Å². The Kier molecular flexibility index (Phi) is 4.67. The Morgan fingerprint density at radius 2 is 1.92 bits per heavy atom. The number of aromatic amines is 1. The van der Waals surface area contributed by atoms with E-state index in [4.69, 9.17) is 0 Å². The van der Waals surface area contributed by atoms with Gasteiger partial charge in [0.25, 0.3) is 0 Å². The number of urea groups is 1. The summed E-state index contributed by atoms with van der Waals surface area (Å²) >= 11 is 0. The number of hydrogen-bond donors (Lipinski definition) is 2. The number of hydrogen-bond acceptors (Lipinski definition) is 1. The number of carbonyl (C=O) groups excluding carboxylic acids is 1. The molecule has 2 N–H and O–H groups in total. The third-order valence-corrected chi connectivity index (χ3v) is 4.60. The molecule has 2 heterocycles. The number of alkyl halides is 3. The number of nitrogens with one attached hydrogen (secondary N) is 2. The Bertz CT molecular complexity index is 774. The largest absolute Gasteiger partial charge is 0.416 e. The second-order valence-corrected chi connectivity index (χ2v) is 6.83. The second-order valence-electron chi connectivity index (χ2n) is 6.83. The molecule has 0 unspecified atom stereocenters. The van der Waals surface area contributed by atoms with E-state index in [9.17, 15) is 18.0 Å². The first-order chi connectivity index (χ1) is 11.8. The predicted octanol–water partition coefficient (Wildman–Crippen LogP) is 4.62. The lowest BCUT2D eigenvalue weighted by Gasteiger charge is -2.15. The van der Waals surface area contributed by atoms with E-state index in [1.807, 2.05) is 0 Å². The molecule has 0 atom stereocenters. The number of halogens is 3. The van der Waals surface area contributed by atoms with Crippen molar-refractivity contribution in [1.29, 1.82) is 0 Å². The van der Waals surface area contributed by atoms with Gasteiger partial charge in [0.1, 0.15) is 0 Å². The highest BCUT2D eigenvalue weighted by atomic mass is 19.4. The van der Waals surface area contributed by atoms with Crippen LogP contribution in [0, 0.1) is 0 Å². The van der Waals surface area contributed by atoms with Crippen molar-refractivity contribution in [3.05, 3.63) is 35.0 Å². The van der Waals surface area contributed by atoms with Crippen LogP contribution in [0.4, 0.5) is 18.0 Å². The molecule has 2 aromatic rings. The van der Waals surface area contributed by atoms with Gasteiger partial charge in [-0.15, -0.1) is 0 Å². The van der Waals surface area contributed by atoms with Gasteiger partial charge in [-0.05, 0) is 42.5 Å². The SMILES string of the molecule is CC(C)c1cc2[nH]c(CNC(=O)N3CCCC3)cc2cc1C(F)(F)F. The first kappa shape index (κ1) is 17.6. The second kappa shape index (κ2) is 6.61. The molecule has 0 saturated carbocycles. The summed E-state index contributed by atoms with van der Waals surface area (Å²) in [5.74, 6) is -0.234. The minimum Gasteiger partial charge on any atom is -0.357 e. The topological polar surface area (TPSA) is 48.1 Å². The van der Waals surface area contributed by atoms with Gasteiger partial charge in [-0.1, -0.05) is 13.8 Å². The molecular formula is C18H22F3N3O. The highest BCUT2D eigenvalue weighted by Gasteiger charge is 2.34. The fourth-order valence-electron chi connectivity index (χ4n) is 3.28. The lowest BCUT2D eigenvalue weighted by molar-refractivity contribution is -0.138. The third kappa shape index (κ3) is 3.75. The Morgan fingerprint density at radius 1 is 1.24 bits per heavy atom. The van der Waals surface area contributed by atoms with Crippen LogP contribution in [-0.2, 0) is 12.7 Å². The molecule has 7 heteroatoms. The summed E-state index contributed by atoms with van der Waals surface area (Å²) in [5.41, 5.74) is 1.02. The maximum atomic E-state index is 13.3. The minimum absolute atomic E-state index is 0.130. The summed E-state index contributed by atoms with van der Waals surface area (Å²) in [6.45, 7) is 5.27. The molecule has 0 radical (unpaired) electrons. The predicted molar refractivity (Wildman–Crippen MR) is 90.4 cm³/mol. The van der Waals surface area contributed by atoms with Crippen LogP contribution in [0.25, 0.3) is 10.9 Å². The average molecular weight is 353 g/mol. The van der Waals surface area contributed by atoms with E-state index in [0.29, 0.717) is 16.6 Å². The van der Waals surface area contributed by atoms with Crippen LogP contribution >= 0.6 is 0 Å². The molecule has 2 amide bonds. The minimum atomic E-state index is -4.38. The van der Waals surface area contributed by atoms with Gasteiger partial charge >= 0.3 is 12.2 Å². The lowest BCUT2D eigenvalue weighted by Crippen LogP contribution is -2.37. The van der Waals surface area contributed by atoms with Crippen molar-refractivity contribution >= 4 is 16.9 Å². The maximum Gasteiger partial charge on any atom is 0.416 e. The Morgan fingerprint density at radius 3 is 2.52 bits per heavy atom. The van der Waals surface area contributed by atoms with E-state index >= 15 is 0 Å². The Balaban J connectivity index is 1.83. The molecule has 0 spiro atoms. The molecule has 1 fully saturated rings. The fourth-order valence-corrected chi connectivity index (χ4v) is 3.28. The lowest BCUT2D eigenvalue weighted by atomic mass is 9.95. The molecule has 1 aliphatic heterocycles. The molecule has 3 rings (SSSR count). The number of carbonyl (C=O) groups is 1. The van der Waals surface area contributed by atoms with Crippen LogP contribution in [0.15, 0.2) is 18.2 Å². The van der Waals surface area contributed by atoms with Gasteiger partial charge in [0.05, 0.1) is 12.1 Å². The van der Waals surface area contributed by atoms with E-state index in [2.05, 4.69) is 10.3 Å². The molecule has 1 aromatic carbocycles. The molecule has 0 bridgehead atoms. The summed E-state index contributed by atoms with van der Waals surface area (Å²) in [6.07, 6.45) is -2.36.